The Hall–Kier alpha value is -1.55. The highest BCUT2D eigenvalue weighted by molar-refractivity contribution is 5.80. The molecule has 26 heavy (non-hydrogen) atoms. The van der Waals surface area contributed by atoms with E-state index in [1.165, 1.54) is 17.5 Å². The Kier molecular flexibility index (Phi) is 5.91. The first-order chi connectivity index (χ1) is 12.5. The maximum Gasteiger partial charge on any atom is 0.193 e. The molecular weight excluding hydrogens is 322 g/mol. The minimum absolute atomic E-state index is 0.0967. The van der Waals surface area contributed by atoms with Crippen molar-refractivity contribution in [3.63, 3.8) is 0 Å². The zero-order chi connectivity index (χ0) is 18.6. The lowest BCUT2D eigenvalue weighted by Crippen LogP contribution is -2.43. The van der Waals surface area contributed by atoms with Gasteiger partial charge in [0.1, 0.15) is 0 Å². The molecule has 0 radical (unpaired) electrons. The van der Waals surface area contributed by atoms with Gasteiger partial charge in [-0.05, 0) is 49.7 Å². The van der Waals surface area contributed by atoms with Gasteiger partial charge in [0.2, 0.25) is 0 Å². The van der Waals surface area contributed by atoms with Crippen molar-refractivity contribution in [1.29, 1.82) is 0 Å². The standard InChI is InChI=1S/C22H35N3O/c1-5-23-20(25-13-10-21(3,4)17-25)24-16-22(11-14-26-15-12-22)19-9-7-6-8-18(19)2/h6-9H,5,10-17H2,1-4H3,(H,23,24). The van der Waals surface area contributed by atoms with Crippen LogP contribution in [0.3, 0.4) is 0 Å². The molecule has 0 unspecified atom stereocenters. The normalized spacial score (nSPS) is 22.5. The van der Waals surface area contributed by atoms with Crippen LogP contribution in [0, 0.1) is 12.3 Å². The smallest absolute Gasteiger partial charge is 0.193 e. The molecule has 0 aliphatic carbocycles. The summed E-state index contributed by atoms with van der Waals surface area (Å²) < 4.78 is 5.69. The van der Waals surface area contributed by atoms with Crippen LogP contribution in [-0.4, -0.2) is 50.3 Å². The van der Waals surface area contributed by atoms with E-state index in [0.717, 1.165) is 58.2 Å². The highest BCUT2D eigenvalue weighted by Crippen LogP contribution is 2.37. The van der Waals surface area contributed by atoms with Crippen molar-refractivity contribution in [2.75, 3.05) is 39.4 Å². The van der Waals surface area contributed by atoms with Crippen LogP contribution in [-0.2, 0) is 10.2 Å². The van der Waals surface area contributed by atoms with Gasteiger partial charge in [-0.1, -0.05) is 38.1 Å². The maximum atomic E-state index is 5.69. The summed E-state index contributed by atoms with van der Waals surface area (Å²) in [4.78, 5) is 7.59. The van der Waals surface area contributed by atoms with Gasteiger partial charge >= 0.3 is 0 Å². The van der Waals surface area contributed by atoms with Crippen LogP contribution in [0.5, 0.6) is 0 Å². The van der Waals surface area contributed by atoms with Crippen molar-refractivity contribution in [3.8, 4) is 0 Å². The lowest BCUT2D eigenvalue weighted by Gasteiger charge is -2.38. The third kappa shape index (κ3) is 4.22. The van der Waals surface area contributed by atoms with Crippen LogP contribution in [0.2, 0.25) is 0 Å². The topological polar surface area (TPSA) is 36.9 Å². The van der Waals surface area contributed by atoms with Gasteiger partial charge in [0.25, 0.3) is 0 Å². The number of nitrogens with one attached hydrogen (secondary N) is 1. The largest absolute Gasteiger partial charge is 0.381 e. The van der Waals surface area contributed by atoms with Crippen LogP contribution in [0.4, 0.5) is 0 Å². The number of nitrogens with zero attached hydrogens (tertiary/aromatic N) is 2. The second-order valence-electron chi connectivity index (χ2n) is 8.71. The SMILES string of the molecule is CCNC(=NCC1(c2ccccc2C)CCOCC1)N1CCC(C)(C)C1. The molecule has 1 aromatic rings. The molecule has 4 heteroatoms. The van der Waals surface area contributed by atoms with E-state index in [9.17, 15) is 0 Å². The zero-order valence-electron chi connectivity index (χ0n) is 17.0. The molecule has 0 aromatic heterocycles. The Bertz CT molecular complexity index is 632. The van der Waals surface area contributed by atoms with Crippen LogP contribution in [0.15, 0.2) is 29.3 Å². The van der Waals surface area contributed by atoms with Crippen molar-refractivity contribution >= 4 is 5.96 Å². The van der Waals surface area contributed by atoms with Gasteiger partial charge in [0.15, 0.2) is 5.96 Å². The van der Waals surface area contributed by atoms with E-state index in [-0.39, 0.29) is 5.41 Å². The third-order valence-electron chi connectivity index (χ3n) is 6.01. The number of aryl methyl sites for hydroxylation is 1. The predicted molar refractivity (Wildman–Crippen MR) is 109 cm³/mol. The second kappa shape index (κ2) is 7.99. The minimum atomic E-state index is 0.0967. The molecule has 0 bridgehead atoms. The number of hydrogen-bond acceptors (Lipinski definition) is 2. The highest BCUT2D eigenvalue weighted by atomic mass is 16.5. The van der Waals surface area contributed by atoms with Gasteiger partial charge in [-0.25, -0.2) is 0 Å². The average Bonchev–Trinajstić information content (AvgIpc) is 2.99. The number of likely N-dealkylation sites (tertiary alicyclic amines) is 1. The minimum Gasteiger partial charge on any atom is -0.381 e. The molecule has 2 fully saturated rings. The number of rotatable bonds is 4. The Morgan fingerprint density at radius 3 is 2.54 bits per heavy atom. The number of ether oxygens (including phenoxy) is 1. The van der Waals surface area contributed by atoms with Gasteiger partial charge in [-0.3, -0.25) is 4.99 Å². The highest BCUT2D eigenvalue weighted by Gasteiger charge is 2.36. The molecule has 2 heterocycles. The van der Waals surface area contributed by atoms with E-state index in [1.54, 1.807) is 0 Å². The summed E-state index contributed by atoms with van der Waals surface area (Å²) in [5.74, 6) is 1.08. The van der Waals surface area contributed by atoms with Crippen LogP contribution in [0.1, 0.15) is 51.2 Å². The number of aliphatic imine (C=N–C) groups is 1. The molecule has 0 amide bonds. The molecule has 0 spiro atoms. The van der Waals surface area contributed by atoms with Crippen LogP contribution in [0.25, 0.3) is 0 Å². The Morgan fingerprint density at radius 1 is 1.19 bits per heavy atom. The van der Waals surface area contributed by atoms with E-state index in [2.05, 4.69) is 62.2 Å². The summed E-state index contributed by atoms with van der Waals surface area (Å²) in [6.45, 7) is 14.7. The number of guanidine groups is 1. The fourth-order valence-electron chi connectivity index (χ4n) is 4.39. The summed E-state index contributed by atoms with van der Waals surface area (Å²) >= 11 is 0. The molecule has 2 aliphatic rings. The van der Waals surface area contributed by atoms with E-state index in [4.69, 9.17) is 9.73 Å². The second-order valence-corrected chi connectivity index (χ2v) is 8.71. The molecular formula is C22H35N3O. The van der Waals surface area contributed by atoms with Gasteiger partial charge in [0.05, 0.1) is 6.54 Å². The molecule has 3 rings (SSSR count). The Balaban J connectivity index is 1.85. The lowest BCUT2D eigenvalue weighted by atomic mass is 9.72. The number of hydrogen-bond donors (Lipinski definition) is 1. The van der Waals surface area contributed by atoms with E-state index < -0.39 is 0 Å². The van der Waals surface area contributed by atoms with E-state index in [0.29, 0.717) is 5.41 Å². The lowest BCUT2D eigenvalue weighted by molar-refractivity contribution is 0.0528. The zero-order valence-corrected chi connectivity index (χ0v) is 17.0. The molecule has 4 nitrogen and oxygen atoms in total. The molecule has 2 aliphatic heterocycles. The first-order valence-corrected chi connectivity index (χ1v) is 10.1. The fraction of sp³-hybridized carbons (Fsp3) is 0.682. The van der Waals surface area contributed by atoms with Gasteiger partial charge in [0, 0.05) is 38.3 Å². The molecule has 2 saturated heterocycles. The number of benzene rings is 1. The predicted octanol–water partition coefficient (Wildman–Crippen LogP) is 3.74. The maximum absolute atomic E-state index is 5.69. The monoisotopic (exact) mass is 357 g/mol. The fourth-order valence-corrected chi connectivity index (χ4v) is 4.39. The summed E-state index contributed by atoms with van der Waals surface area (Å²) in [5, 5.41) is 3.53. The van der Waals surface area contributed by atoms with Crippen molar-refractivity contribution in [2.45, 2.75) is 52.4 Å². The Labute approximate surface area is 159 Å². The van der Waals surface area contributed by atoms with Crippen molar-refractivity contribution < 1.29 is 4.74 Å². The molecule has 1 aromatic carbocycles. The first-order valence-electron chi connectivity index (χ1n) is 10.1. The Morgan fingerprint density at radius 2 is 1.92 bits per heavy atom. The van der Waals surface area contributed by atoms with Crippen molar-refractivity contribution in [3.05, 3.63) is 35.4 Å². The van der Waals surface area contributed by atoms with E-state index >= 15 is 0 Å². The summed E-state index contributed by atoms with van der Waals surface area (Å²) in [6, 6.07) is 8.81. The van der Waals surface area contributed by atoms with Gasteiger partial charge in [-0.2, -0.15) is 0 Å². The van der Waals surface area contributed by atoms with E-state index in [1.807, 2.05) is 0 Å². The van der Waals surface area contributed by atoms with Gasteiger partial charge < -0.3 is 15.0 Å². The molecule has 0 atom stereocenters. The van der Waals surface area contributed by atoms with Crippen molar-refractivity contribution in [1.82, 2.24) is 10.2 Å². The summed E-state index contributed by atoms with van der Waals surface area (Å²) in [5.41, 5.74) is 3.30. The van der Waals surface area contributed by atoms with Crippen LogP contribution >= 0.6 is 0 Å². The quantitative estimate of drug-likeness (QED) is 0.659. The van der Waals surface area contributed by atoms with Crippen LogP contribution < -0.4 is 5.32 Å². The molecule has 0 saturated carbocycles. The third-order valence-corrected chi connectivity index (χ3v) is 6.01. The van der Waals surface area contributed by atoms with Crippen molar-refractivity contribution in [2.24, 2.45) is 10.4 Å². The first kappa shape index (κ1) is 19.2. The summed E-state index contributed by atoms with van der Waals surface area (Å²) in [6.07, 6.45) is 3.33. The molecule has 144 valence electrons. The van der Waals surface area contributed by atoms with Gasteiger partial charge in [-0.15, -0.1) is 0 Å². The average molecular weight is 358 g/mol. The molecule has 1 N–H and O–H groups in total. The summed E-state index contributed by atoms with van der Waals surface area (Å²) in [7, 11) is 0.